The van der Waals surface area contributed by atoms with Gasteiger partial charge in [0.05, 0.1) is 11.0 Å². The summed E-state index contributed by atoms with van der Waals surface area (Å²) < 4.78 is 0. The van der Waals surface area contributed by atoms with E-state index in [-0.39, 0.29) is 0 Å². The summed E-state index contributed by atoms with van der Waals surface area (Å²) in [5, 5.41) is 2.39. The van der Waals surface area contributed by atoms with E-state index in [2.05, 4.69) is 112 Å². The normalized spacial score (nSPS) is 17.1. The fraction of sp³-hybridized carbons (Fsp3) is 0.316. The van der Waals surface area contributed by atoms with Gasteiger partial charge >= 0.3 is 0 Å². The van der Waals surface area contributed by atoms with Crippen molar-refractivity contribution >= 4 is 33.7 Å². The van der Waals surface area contributed by atoms with Gasteiger partial charge in [0, 0.05) is 112 Å². The Balaban J connectivity index is 0.000000152. The topological polar surface area (TPSA) is 90.3 Å². The Kier molecular flexibility index (Phi) is 9.72. The lowest BCUT2D eigenvalue weighted by Crippen LogP contribution is -2.47. The molecule has 0 radical (unpaired) electrons. The van der Waals surface area contributed by atoms with Crippen molar-refractivity contribution in [3.8, 4) is 0 Å². The highest BCUT2D eigenvalue weighted by Crippen LogP contribution is 2.26. The molecular formula is C38H42N10. The summed E-state index contributed by atoms with van der Waals surface area (Å²) in [4.78, 5) is 35.9. The van der Waals surface area contributed by atoms with Crippen molar-refractivity contribution in [1.82, 2.24) is 39.7 Å². The molecule has 2 aromatic carbocycles. The largest absolute Gasteiger partial charge is 0.338 e. The summed E-state index contributed by atoms with van der Waals surface area (Å²) in [5.74, 6) is 1.67. The van der Waals surface area contributed by atoms with Crippen LogP contribution in [0.1, 0.15) is 37.1 Å². The second kappa shape index (κ2) is 14.8. The van der Waals surface area contributed by atoms with Crippen molar-refractivity contribution in [2.75, 3.05) is 62.2 Å². The summed E-state index contributed by atoms with van der Waals surface area (Å²) in [7, 11) is 0. The quantitative estimate of drug-likeness (QED) is 0.223. The molecule has 0 amide bonds. The Hall–Kier alpha value is -5.06. The number of pyridine rings is 2. The molecule has 2 atom stereocenters. The highest BCUT2D eigenvalue weighted by Gasteiger charge is 2.24. The lowest BCUT2D eigenvalue weighted by Gasteiger charge is -2.38. The first kappa shape index (κ1) is 31.5. The molecule has 2 saturated heterocycles. The average Bonchev–Trinajstić information content (AvgIpc) is 3.18. The first-order valence-electron chi connectivity index (χ1n) is 16.8. The molecule has 6 heterocycles. The van der Waals surface area contributed by atoms with E-state index in [1.807, 2.05) is 36.7 Å². The van der Waals surface area contributed by atoms with E-state index >= 15 is 0 Å². The minimum atomic E-state index is 0.384. The summed E-state index contributed by atoms with van der Waals surface area (Å²) in [5.41, 5.74) is 4.78. The second-order valence-electron chi connectivity index (χ2n) is 12.4. The number of fused-ring (bicyclic) bond motifs is 2. The predicted octanol–water partition coefficient (Wildman–Crippen LogP) is 5.82. The molecule has 2 fully saturated rings. The van der Waals surface area contributed by atoms with Crippen LogP contribution in [0.15, 0.2) is 110 Å². The molecule has 48 heavy (non-hydrogen) atoms. The third kappa shape index (κ3) is 7.25. The van der Waals surface area contributed by atoms with Crippen molar-refractivity contribution < 1.29 is 0 Å². The van der Waals surface area contributed by atoms with Crippen molar-refractivity contribution in [2.45, 2.75) is 25.9 Å². The summed E-state index contributed by atoms with van der Waals surface area (Å²) >= 11 is 0. The molecule has 8 rings (SSSR count). The van der Waals surface area contributed by atoms with Gasteiger partial charge in [0.1, 0.15) is 0 Å². The van der Waals surface area contributed by atoms with Crippen LogP contribution in [0, 0.1) is 0 Å². The molecule has 10 heteroatoms. The maximum atomic E-state index is 4.48. The van der Waals surface area contributed by atoms with Gasteiger partial charge in [-0.25, -0.2) is 19.9 Å². The van der Waals surface area contributed by atoms with Crippen LogP contribution in [0.25, 0.3) is 21.8 Å². The van der Waals surface area contributed by atoms with Crippen LogP contribution in [-0.2, 0) is 0 Å². The molecule has 244 valence electrons. The summed E-state index contributed by atoms with van der Waals surface area (Å²) in [6, 6.07) is 25.9. The second-order valence-corrected chi connectivity index (χ2v) is 12.4. The predicted molar refractivity (Wildman–Crippen MR) is 192 cm³/mol. The minimum absolute atomic E-state index is 0.384. The van der Waals surface area contributed by atoms with Gasteiger partial charge in [-0.3, -0.25) is 19.8 Å². The number of aromatic nitrogens is 6. The van der Waals surface area contributed by atoms with Crippen LogP contribution in [0.4, 0.5) is 11.9 Å². The molecule has 0 bridgehead atoms. The molecule has 4 aromatic heterocycles. The van der Waals surface area contributed by atoms with Gasteiger partial charge in [0.15, 0.2) is 0 Å². The maximum absolute atomic E-state index is 4.48. The van der Waals surface area contributed by atoms with E-state index in [9.17, 15) is 0 Å². The van der Waals surface area contributed by atoms with E-state index in [1.165, 1.54) is 21.9 Å². The highest BCUT2D eigenvalue weighted by atomic mass is 15.3. The van der Waals surface area contributed by atoms with Gasteiger partial charge in [-0.05, 0) is 61.4 Å². The molecule has 0 N–H and O–H groups in total. The van der Waals surface area contributed by atoms with Gasteiger partial charge in [-0.1, -0.05) is 36.4 Å². The Morgan fingerprint density at radius 3 is 1.21 bits per heavy atom. The zero-order chi connectivity index (χ0) is 32.7. The number of rotatable bonds is 6. The molecule has 0 spiro atoms. The standard InChI is InChI=1S/2C19H21N5/c2*1-15(17-6-5-16-4-2-7-20-18(16)14-17)23-10-12-24(13-11-23)19-21-8-3-9-22-19/h2*2-9,14-15H,10-13H2,1H3/t2*15-/m10/s1. The van der Waals surface area contributed by atoms with Crippen molar-refractivity contribution in [3.05, 3.63) is 121 Å². The van der Waals surface area contributed by atoms with E-state index in [4.69, 9.17) is 0 Å². The lowest BCUT2D eigenvalue weighted by molar-refractivity contribution is 0.198. The monoisotopic (exact) mass is 638 g/mol. The fourth-order valence-electron chi connectivity index (χ4n) is 6.64. The Bertz CT molecular complexity index is 1760. The average molecular weight is 639 g/mol. The summed E-state index contributed by atoms with van der Waals surface area (Å²) in [6.45, 7) is 12.4. The van der Waals surface area contributed by atoms with E-state index in [0.717, 1.165) is 75.3 Å². The molecule has 6 aromatic rings. The lowest BCUT2D eigenvalue weighted by atomic mass is 10.0. The van der Waals surface area contributed by atoms with E-state index < -0.39 is 0 Å². The van der Waals surface area contributed by atoms with Crippen molar-refractivity contribution in [1.29, 1.82) is 0 Å². The van der Waals surface area contributed by atoms with E-state index in [0.29, 0.717) is 12.1 Å². The Morgan fingerprint density at radius 1 is 0.438 bits per heavy atom. The molecule has 10 nitrogen and oxygen atoms in total. The molecule has 0 aliphatic carbocycles. The molecule has 2 aliphatic heterocycles. The third-order valence-corrected chi connectivity index (χ3v) is 9.62. The number of hydrogen-bond acceptors (Lipinski definition) is 10. The fourth-order valence-corrected chi connectivity index (χ4v) is 6.64. The van der Waals surface area contributed by atoms with Crippen LogP contribution in [0.3, 0.4) is 0 Å². The first-order chi connectivity index (χ1) is 23.6. The Morgan fingerprint density at radius 2 is 0.812 bits per heavy atom. The molecule has 2 aliphatic rings. The van der Waals surface area contributed by atoms with Gasteiger partial charge in [0.25, 0.3) is 0 Å². The van der Waals surface area contributed by atoms with Crippen molar-refractivity contribution in [3.63, 3.8) is 0 Å². The number of benzene rings is 2. The maximum Gasteiger partial charge on any atom is 0.225 e. The summed E-state index contributed by atoms with van der Waals surface area (Å²) in [6.07, 6.45) is 10.9. The van der Waals surface area contributed by atoms with Crippen LogP contribution >= 0.6 is 0 Å². The number of nitrogens with zero attached hydrogens (tertiary/aromatic N) is 10. The van der Waals surface area contributed by atoms with Crippen LogP contribution in [0.2, 0.25) is 0 Å². The van der Waals surface area contributed by atoms with Crippen LogP contribution in [-0.4, -0.2) is 92.1 Å². The minimum Gasteiger partial charge on any atom is -0.338 e. The molecule has 0 saturated carbocycles. The SMILES string of the molecule is C[C@@H](c1ccc2cccnc2c1)N1CCN(c2ncccn2)CC1.C[C@H](c1ccc2cccnc2c1)N1CCN(c2ncccn2)CC1. The Labute approximate surface area is 282 Å². The highest BCUT2D eigenvalue weighted by molar-refractivity contribution is 5.79. The first-order valence-corrected chi connectivity index (χ1v) is 16.8. The van der Waals surface area contributed by atoms with Crippen molar-refractivity contribution in [2.24, 2.45) is 0 Å². The molecule has 0 unspecified atom stereocenters. The van der Waals surface area contributed by atoms with Gasteiger partial charge < -0.3 is 9.80 Å². The number of anilines is 2. The zero-order valence-electron chi connectivity index (χ0n) is 27.7. The van der Waals surface area contributed by atoms with Gasteiger partial charge in [-0.15, -0.1) is 0 Å². The molecular weight excluding hydrogens is 596 g/mol. The third-order valence-electron chi connectivity index (χ3n) is 9.62. The van der Waals surface area contributed by atoms with Crippen LogP contribution < -0.4 is 9.80 Å². The van der Waals surface area contributed by atoms with Gasteiger partial charge in [0.2, 0.25) is 11.9 Å². The van der Waals surface area contributed by atoms with Gasteiger partial charge in [-0.2, -0.15) is 0 Å². The number of hydrogen-bond donors (Lipinski definition) is 0. The smallest absolute Gasteiger partial charge is 0.225 e. The zero-order valence-corrected chi connectivity index (χ0v) is 27.7. The van der Waals surface area contributed by atoms with Crippen LogP contribution in [0.5, 0.6) is 0 Å². The van der Waals surface area contributed by atoms with E-state index in [1.54, 1.807) is 24.8 Å². The number of piperazine rings is 2.